The lowest BCUT2D eigenvalue weighted by Gasteiger charge is -2.45. The van der Waals surface area contributed by atoms with Gasteiger partial charge in [-0.15, -0.1) is 5.10 Å². The number of aliphatic hydroxyl groups excluding tert-OH is 1. The van der Waals surface area contributed by atoms with E-state index in [1.54, 1.807) is 26.8 Å². The van der Waals surface area contributed by atoms with E-state index in [1.165, 1.54) is 19.2 Å². The minimum Gasteiger partial charge on any atom is -0.480 e. The van der Waals surface area contributed by atoms with E-state index in [0.29, 0.717) is 41.3 Å². The Kier molecular flexibility index (Phi) is 6.03. The highest BCUT2D eigenvalue weighted by Crippen LogP contribution is 2.39. The van der Waals surface area contributed by atoms with Crippen LogP contribution in [-0.2, 0) is 5.92 Å². The van der Waals surface area contributed by atoms with Crippen LogP contribution in [0.15, 0.2) is 24.3 Å². The highest BCUT2D eigenvalue weighted by molar-refractivity contribution is 5.94. The molecule has 1 atom stereocenters. The van der Waals surface area contributed by atoms with Gasteiger partial charge in [0.1, 0.15) is 23.6 Å². The molecule has 3 heterocycles. The third-order valence-corrected chi connectivity index (χ3v) is 5.90. The van der Waals surface area contributed by atoms with Crippen molar-refractivity contribution in [2.75, 3.05) is 37.0 Å². The Morgan fingerprint density at radius 1 is 1.29 bits per heavy atom. The lowest BCUT2D eigenvalue weighted by molar-refractivity contribution is -0.0583. The summed E-state index contributed by atoms with van der Waals surface area (Å²) in [6.45, 7) is 4.37. The molecule has 0 aliphatic carbocycles. The molecule has 1 fully saturated rings. The van der Waals surface area contributed by atoms with Gasteiger partial charge in [0.15, 0.2) is 5.82 Å². The standard InChI is InChI=1S/C23H26F3N5O3/c1-12(14-6-5-7-16(18(14)24)23(25,26)11-32)27-20-15-8-17(31-9-22(3,33)10-31)21(34-4)28-19(15)13(2)29-30-20/h5-8,12,32-33H,9-11H2,1-4H3,(H,27,30)/t12-/m1/s1. The number of β-amino-alcohol motifs (C(OH)–C–C–N with tert-alkyl or cyclic N) is 1. The first-order valence-corrected chi connectivity index (χ1v) is 10.7. The second-order valence-corrected chi connectivity index (χ2v) is 8.84. The number of methoxy groups -OCH3 is 1. The summed E-state index contributed by atoms with van der Waals surface area (Å²) >= 11 is 0. The van der Waals surface area contributed by atoms with Gasteiger partial charge < -0.3 is 25.2 Å². The molecule has 3 aromatic rings. The van der Waals surface area contributed by atoms with Crippen LogP contribution in [0.25, 0.3) is 10.9 Å². The Bertz CT molecular complexity index is 1230. The number of aryl methyl sites for hydroxylation is 1. The molecule has 1 aliphatic rings. The molecule has 182 valence electrons. The minimum absolute atomic E-state index is 0.0124. The van der Waals surface area contributed by atoms with Gasteiger partial charge in [0, 0.05) is 24.0 Å². The number of pyridine rings is 1. The third kappa shape index (κ3) is 4.21. The average Bonchev–Trinajstić information content (AvgIpc) is 2.78. The Balaban J connectivity index is 1.74. The Morgan fingerprint density at radius 3 is 2.62 bits per heavy atom. The van der Waals surface area contributed by atoms with E-state index in [-0.39, 0.29) is 11.4 Å². The molecule has 0 spiro atoms. The van der Waals surface area contributed by atoms with Crippen molar-refractivity contribution in [3.63, 3.8) is 0 Å². The average molecular weight is 477 g/mol. The maximum atomic E-state index is 15.0. The van der Waals surface area contributed by atoms with Crippen LogP contribution < -0.4 is 15.0 Å². The number of nitrogens with one attached hydrogen (secondary N) is 1. The van der Waals surface area contributed by atoms with Crippen LogP contribution in [0.4, 0.5) is 24.7 Å². The molecule has 11 heteroatoms. The predicted octanol–water partition coefficient (Wildman–Crippen LogP) is 3.31. The topological polar surface area (TPSA) is 104 Å². The van der Waals surface area contributed by atoms with E-state index in [0.717, 1.165) is 6.07 Å². The molecule has 34 heavy (non-hydrogen) atoms. The van der Waals surface area contributed by atoms with Gasteiger partial charge in [0.05, 0.1) is 30.0 Å². The smallest absolute Gasteiger partial charge is 0.298 e. The molecule has 3 N–H and O–H groups in total. The van der Waals surface area contributed by atoms with Gasteiger partial charge in [0.25, 0.3) is 5.92 Å². The van der Waals surface area contributed by atoms with Gasteiger partial charge in [-0.25, -0.2) is 9.37 Å². The summed E-state index contributed by atoms with van der Waals surface area (Å²) in [5.41, 5.74) is 0.00540. The maximum Gasteiger partial charge on any atom is 0.298 e. The normalized spacial score (nSPS) is 16.3. The van der Waals surface area contributed by atoms with E-state index in [1.807, 2.05) is 4.90 Å². The van der Waals surface area contributed by atoms with Crippen LogP contribution in [0.5, 0.6) is 5.88 Å². The zero-order valence-electron chi connectivity index (χ0n) is 19.2. The number of aliphatic hydroxyl groups is 2. The SMILES string of the molecule is COc1nc2c(C)nnc(N[C@H](C)c3cccc(C(F)(F)CO)c3F)c2cc1N1CC(C)(O)C1. The quantitative estimate of drug-likeness (QED) is 0.476. The fourth-order valence-electron chi connectivity index (χ4n) is 4.13. The van der Waals surface area contributed by atoms with Gasteiger partial charge in [0.2, 0.25) is 5.88 Å². The van der Waals surface area contributed by atoms with Crippen molar-refractivity contribution < 1.29 is 28.1 Å². The first kappa shape index (κ1) is 24.0. The van der Waals surface area contributed by atoms with Crippen molar-refractivity contribution in [1.29, 1.82) is 0 Å². The molecule has 4 rings (SSSR count). The molecule has 1 aromatic carbocycles. The van der Waals surface area contributed by atoms with Crippen LogP contribution in [0.2, 0.25) is 0 Å². The Hall–Kier alpha value is -3.18. The first-order chi connectivity index (χ1) is 16.0. The highest BCUT2D eigenvalue weighted by atomic mass is 19.3. The van der Waals surface area contributed by atoms with Crippen LogP contribution in [0, 0.1) is 12.7 Å². The lowest BCUT2D eigenvalue weighted by atomic mass is 9.96. The van der Waals surface area contributed by atoms with Gasteiger partial charge in [-0.2, -0.15) is 13.9 Å². The summed E-state index contributed by atoms with van der Waals surface area (Å²) < 4.78 is 48.4. The number of anilines is 2. The van der Waals surface area contributed by atoms with Crippen molar-refractivity contribution in [3.05, 3.63) is 46.9 Å². The Morgan fingerprint density at radius 2 is 2.00 bits per heavy atom. The van der Waals surface area contributed by atoms with Crippen LogP contribution in [0.3, 0.4) is 0 Å². The molecule has 0 amide bonds. The summed E-state index contributed by atoms with van der Waals surface area (Å²) in [7, 11) is 1.50. The summed E-state index contributed by atoms with van der Waals surface area (Å²) in [4.78, 5) is 6.48. The fourth-order valence-corrected chi connectivity index (χ4v) is 4.13. The van der Waals surface area contributed by atoms with Gasteiger partial charge in [-0.1, -0.05) is 12.1 Å². The van der Waals surface area contributed by atoms with E-state index >= 15 is 0 Å². The summed E-state index contributed by atoms with van der Waals surface area (Å²) in [6.07, 6.45) is 0. The second kappa shape index (κ2) is 8.55. The molecule has 0 bridgehead atoms. The van der Waals surface area contributed by atoms with E-state index in [4.69, 9.17) is 9.84 Å². The van der Waals surface area contributed by atoms with Crippen molar-refractivity contribution in [2.45, 2.75) is 38.3 Å². The number of ether oxygens (including phenoxy) is 1. The van der Waals surface area contributed by atoms with E-state index in [2.05, 4.69) is 20.5 Å². The Labute approximate surface area is 194 Å². The lowest BCUT2D eigenvalue weighted by Crippen LogP contribution is -2.60. The number of halogens is 3. The zero-order valence-corrected chi connectivity index (χ0v) is 19.2. The van der Waals surface area contributed by atoms with E-state index in [9.17, 15) is 18.3 Å². The molecular formula is C23H26F3N5O3. The zero-order chi connectivity index (χ0) is 24.8. The molecule has 1 saturated heterocycles. The van der Waals surface area contributed by atoms with Crippen molar-refractivity contribution >= 4 is 22.4 Å². The van der Waals surface area contributed by atoms with Crippen LogP contribution in [0.1, 0.15) is 36.7 Å². The van der Waals surface area contributed by atoms with Crippen molar-refractivity contribution in [1.82, 2.24) is 15.2 Å². The second-order valence-electron chi connectivity index (χ2n) is 8.84. The molecule has 0 radical (unpaired) electrons. The summed E-state index contributed by atoms with van der Waals surface area (Å²) in [5, 5.41) is 31.1. The first-order valence-electron chi connectivity index (χ1n) is 10.7. The fraction of sp³-hybridized carbons (Fsp3) is 0.435. The van der Waals surface area contributed by atoms with Gasteiger partial charge in [-0.05, 0) is 32.9 Å². The van der Waals surface area contributed by atoms with Gasteiger partial charge >= 0.3 is 0 Å². The molecule has 0 saturated carbocycles. The van der Waals surface area contributed by atoms with Gasteiger partial charge in [-0.3, -0.25) is 0 Å². The summed E-state index contributed by atoms with van der Waals surface area (Å²) in [5.74, 6) is -4.16. The van der Waals surface area contributed by atoms with Crippen LogP contribution in [-0.4, -0.2) is 57.8 Å². The van der Waals surface area contributed by atoms with E-state index < -0.39 is 35.6 Å². The number of fused-ring (bicyclic) bond motifs is 1. The predicted molar refractivity (Wildman–Crippen MR) is 121 cm³/mol. The molecule has 0 unspecified atom stereocenters. The molecular weight excluding hydrogens is 451 g/mol. The molecule has 8 nitrogen and oxygen atoms in total. The minimum atomic E-state index is -3.70. The number of nitrogens with zero attached hydrogens (tertiary/aromatic N) is 4. The third-order valence-electron chi connectivity index (χ3n) is 5.90. The molecule has 2 aromatic heterocycles. The number of benzene rings is 1. The van der Waals surface area contributed by atoms with Crippen molar-refractivity contribution in [2.24, 2.45) is 0 Å². The summed E-state index contributed by atoms with van der Waals surface area (Å²) in [6, 6.07) is 4.70. The number of alkyl halides is 2. The monoisotopic (exact) mass is 477 g/mol. The number of rotatable bonds is 7. The van der Waals surface area contributed by atoms with Crippen LogP contribution >= 0.6 is 0 Å². The number of hydrogen-bond acceptors (Lipinski definition) is 8. The highest BCUT2D eigenvalue weighted by Gasteiger charge is 2.38. The number of aromatic nitrogens is 3. The largest absolute Gasteiger partial charge is 0.480 e. The molecule has 1 aliphatic heterocycles. The maximum absolute atomic E-state index is 15.0. The number of hydrogen-bond donors (Lipinski definition) is 3. The van der Waals surface area contributed by atoms with Crippen molar-refractivity contribution in [3.8, 4) is 5.88 Å².